The number of nitrogens with one attached hydrogen (secondary N) is 1. The largest absolute Gasteiger partial charge is 0.285 e. The van der Waals surface area contributed by atoms with Gasteiger partial charge in [-0.15, -0.1) is 0 Å². The molecule has 0 aliphatic rings. The molecule has 13 heavy (non-hydrogen) atoms. The first-order valence-electron chi connectivity index (χ1n) is 4.21. The number of hydrogen-bond acceptors (Lipinski definition) is 2. The summed E-state index contributed by atoms with van der Waals surface area (Å²) >= 11 is 0. The summed E-state index contributed by atoms with van der Waals surface area (Å²) in [4.78, 5) is 4.26. The Kier molecular flexibility index (Phi) is 1.85. The third-order valence-electron chi connectivity index (χ3n) is 1.99. The van der Waals surface area contributed by atoms with Crippen LogP contribution in [0.1, 0.15) is 11.1 Å². The second-order valence-electron chi connectivity index (χ2n) is 3.14. The van der Waals surface area contributed by atoms with E-state index in [4.69, 9.17) is 0 Å². The molecule has 3 heteroatoms. The van der Waals surface area contributed by atoms with Crippen molar-refractivity contribution in [3.63, 3.8) is 0 Å². The monoisotopic (exact) mass is 173 g/mol. The van der Waals surface area contributed by atoms with Crippen molar-refractivity contribution in [1.29, 1.82) is 0 Å². The molecule has 2 heterocycles. The van der Waals surface area contributed by atoms with Gasteiger partial charge in [0.25, 0.3) is 0 Å². The number of hydrogen-bond donors (Lipinski definition) is 1. The quantitative estimate of drug-likeness (QED) is 0.717. The van der Waals surface area contributed by atoms with Crippen molar-refractivity contribution in [2.24, 2.45) is 0 Å². The van der Waals surface area contributed by atoms with E-state index in [2.05, 4.69) is 15.2 Å². The molecule has 66 valence electrons. The van der Waals surface area contributed by atoms with Crippen molar-refractivity contribution < 1.29 is 0 Å². The molecule has 0 amide bonds. The van der Waals surface area contributed by atoms with Crippen molar-refractivity contribution in [1.82, 2.24) is 15.2 Å². The number of pyridine rings is 1. The Morgan fingerprint density at radius 3 is 2.77 bits per heavy atom. The fraction of sp³-hybridized carbons (Fsp3) is 0.200. The minimum absolute atomic E-state index is 0.929. The molecule has 0 aromatic carbocycles. The Labute approximate surface area is 76.8 Å². The standard InChI is InChI=1S/C10H11N3/c1-7-3-4-11-9(5-7)10-8(2)6-12-13-10/h3-6H,1-2H3,(H,12,13). The maximum atomic E-state index is 4.26. The predicted octanol–water partition coefficient (Wildman–Crippen LogP) is 2.09. The van der Waals surface area contributed by atoms with Crippen LogP contribution in [0.5, 0.6) is 0 Å². The van der Waals surface area contributed by atoms with Crippen LogP contribution in [-0.4, -0.2) is 15.2 Å². The van der Waals surface area contributed by atoms with E-state index in [1.54, 1.807) is 6.20 Å². The fourth-order valence-corrected chi connectivity index (χ4v) is 1.28. The van der Waals surface area contributed by atoms with Gasteiger partial charge in [0.05, 0.1) is 5.69 Å². The molecule has 0 saturated carbocycles. The second kappa shape index (κ2) is 3.01. The molecule has 0 fully saturated rings. The van der Waals surface area contributed by atoms with Crippen molar-refractivity contribution in [3.8, 4) is 11.4 Å². The van der Waals surface area contributed by atoms with E-state index in [9.17, 15) is 0 Å². The second-order valence-corrected chi connectivity index (χ2v) is 3.14. The Bertz CT molecular complexity index is 418. The minimum atomic E-state index is 0.929. The normalized spacial score (nSPS) is 10.3. The van der Waals surface area contributed by atoms with Gasteiger partial charge in [0, 0.05) is 12.4 Å². The highest BCUT2D eigenvalue weighted by Gasteiger charge is 2.04. The molecule has 0 saturated heterocycles. The van der Waals surface area contributed by atoms with E-state index in [1.807, 2.05) is 32.2 Å². The van der Waals surface area contributed by atoms with Crippen molar-refractivity contribution in [2.45, 2.75) is 13.8 Å². The summed E-state index contributed by atoms with van der Waals surface area (Å²) in [6.45, 7) is 4.07. The maximum Gasteiger partial charge on any atom is 0.113 e. The number of aryl methyl sites for hydroxylation is 2. The van der Waals surface area contributed by atoms with Gasteiger partial charge >= 0.3 is 0 Å². The lowest BCUT2D eigenvalue weighted by molar-refractivity contribution is 1.08. The highest BCUT2D eigenvalue weighted by atomic mass is 15.1. The van der Waals surface area contributed by atoms with Crippen molar-refractivity contribution in [3.05, 3.63) is 35.7 Å². The molecule has 0 bridgehead atoms. The summed E-state index contributed by atoms with van der Waals surface area (Å²) in [6, 6.07) is 4.01. The van der Waals surface area contributed by atoms with E-state index in [1.165, 1.54) is 5.56 Å². The molecule has 0 unspecified atom stereocenters. The van der Waals surface area contributed by atoms with E-state index >= 15 is 0 Å². The number of rotatable bonds is 1. The summed E-state index contributed by atoms with van der Waals surface area (Å²) in [5.41, 5.74) is 4.19. The van der Waals surface area contributed by atoms with Crippen LogP contribution < -0.4 is 0 Å². The SMILES string of the molecule is Cc1ccnc(-c2n[nH]cc2C)c1. The predicted molar refractivity (Wildman–Crippen MR) is 51.3 cm³/mol. The number of aromatic amines is 1. The summed E-state index contributed by atoms with van der Waals surface area (Å²) < 4.78 is 0. The van der Waals surface area contributed by atoms with E-state index < -0.39 is 0 Å². The molecule has 0 radical (unpaired) electrons. The smallest absolute Gasteiger partial charge is 0.113 e. The zero-order chi connectivity index (χ0) is 9.26. The van der Waals surface area contributed by atoms with Gasteiger partial charge in [0.1, 0.15) is 5.69 Å². The Morgan fingerprint density at radius 1 is 1.31 bits per heavy atom. The first-order valence-corrected chi connectivity index (χ1v) is 4.21. The van der Waals surface area contributed by atoms with Gasteiger partial charge in [-0.3, -0.25) is 10.1 Å². The molecule has 2 aromatic heterocycles. The van der Waals surface area contributed by atoms with E-state index in [-0.39, 0.29) is 0 Å². The third kappa shape index (κ3) is 1.45. The number of H-pyrrole nitrogens is 1. The van der Waals surface area contributed by atoms with Crippen LogP contribution in [-0.2, 0) is 0 Å². The topological polar surface area (TPSA) is 41.6 Å². The maximum absolute atomic E-state index is 4.26. The molecule has 0 aliphatic carbocycles. The molecule has 0 spiro atoms. The summed E-state index contributed by atoms with van der Waals surface area (Å²) in [7, 11) is 0. The van der Waals surface area contributed by atoms with Crippen LogP contribution in [0.25, 0.3) is 11.4 Å². The van der Waals surface area contributed by atoms with Crippen molar-refractivity contribution in [2.75, 3.05) is 0 Å². The van der Waals surface area contributed by atoms with Gasteiger partial charge in [-0.1, -0.05) is 0 Å². The van der Waals surface area contributed by atoms with Gasteiger partial charge in [-0.05, 0) is 37.1 Å². The fourth-order valence-electron chi connectivity index (χ4n) is 1.28. The van der Waals surface area contributed by atoms with Crippen LogP contribution >= 0.6 is 0 Å². The van der Waals surface area contributed by atoms with Gasteiger partial charge in [0.2, 0.25) is 0 Å². The molecule has 2 aromatic rings. The van der Waals surface area contributed by atoms with E-state index in [0.717, 1.165) is 17.0 Å². The van der Waals surface area contributed by atoms with Gasteiger partial charge in [-0.25, -0.2) is 0 Å². The molecule has 0 aliphatic heterocycles. The Balaban J connectivity index is 2.53. The van der Waals surface area contributed by atoms with Crippen LogP contribution in [0, 0.1) is 13.8 Å². The van der Waals surface area contributed by atoms with Gasteiger partial charge in [-0.2, -0.15) is 5.10 Å². The van der Waals surface area contributed by atoms with Crippen LogP contribution in [0.4, 0.5) is 0 Å². The van der Waals surface area contributed by atoms with Gasteiger partial charge in [0.15, 0.2) is 0 Å². The summed E-state index contributed by atoms with van der Waals surface area (Å²) in [5.74, 6) is 0. The molecule has 3 nitrogen and oxygen atoms in total. The zero-order valence-electron chi connectivity index (χ0n) is 7.70. The lowest BCUT2D eigenvalue weighted by Crippen LogP contribution is -1.86. The zero-order valence-corrected chi connectivity index (χ0v) is 7.70. The number of aromatic nitrogens is 3. The molecule has 2 rings (SSSR count). The molecule has 1 N–H and O–H groups in total. The van der Waals surface area contributed by atoms with Gasteiger partial charge < -0.3 is 0 Å². The van der Waals surface area contributed by atoms with Crippen LogP contribution in [0.3, 0.4) is 0 Å². The minimum Gasteiger partial charge on any atom is -0.285 e. The Morgan fingerprint density at radius 2 is 2.15 bits per heavy atom. The molecule has 0 atom stereocenters. The molecular formula is C10H11N3. The average Bonchev–Trinajstić information content (AvgIpc) is 2.51. The average molecular weight is 173 g/mol. The van der Waals surface area contributed by atoms with Crippen LogP contribution in [0.15, 0.2) is 24.5 Å². The lowest BCUT2D eigenvalue weighted by Gasteiger charge is -1.97. The Hall–Kier alpha value is -1.64. The highest BCUT2D eigenvalue weighted by molar-refractivity contribution is 5.58. The molecular weight excluding hydrogens is 162 g/mol. The summed E-state index contributed by atoms with van der Waals surface area (Å²) in [5, 5.41) is 6.97. The van der Waals surface area contributed by atoms with E-state index in [0.29, 0.717) is 0 Å². The highest BCUT2D eigenvalue weighted by Crippen LogP contribution is 2.17. The van der Waals surface area contributed by atoms with Crippen molar-refractivity contribution >= 4 is 0 Å². The summed E-state index contributed by atoms with van der Waals surface area (Å²) in [6.07, 6.45) is 3.68. The first kappa shape index (κ1) is 7.98. The third-order valence-corrected chi connectivity index (χ3v) is 1.99. The number of nitrogens with zero attached hydrogens (tertiary/aromatic N) is 2. The lowest BCUT2D eigenvalue weighted by atomic mass is 10.1. The first-order chi connectivity index (χ1) is 6.27. The van der Waals surface area contributed by atoms with Crippen LogP contribution in [0.2, 0.25) is 0 Å².